The first-order valence-corrected chi connectivity index (χ1v) is 5.87. The van der Waals surface area contributed by atoms with Crippen LogP contribution in [0.3, 0.4) is 0 Å². The van der Waals surface area contributed by atoms with Crippen molar-refractivity contribution >= 4 is 0 Å². The molecule has 2 nitrogen and oxygen atoms in total. The molecule has 0 amide bonds. The van der Waals surface area contributed by atoms with Gasteiger partial charge in [0, 0.05) is 7.11 Å². The van der Waals surface area contributed by atoms with Gasteiger partial charge in [0.25, 0.3) is 0 Å². The Kier molecular flexibility index (Phi) is 7.20. The lowest BCUT2D eigenvalue weighted by atomic mass is 9.76. The van der Waals surface area contributed by atoms with E-state index in [9.17, 15) is 0 Å². The molecule has 0 aliphatic carbocycles. The average Bonchev–Trinajstić information content (AvgIpc) is 2.24. The highest BCUT2D eigenvalue weighted by atomic mass is 16.5. The number of rotatable bonds is 8. The van der Waals surface area contributed by atoms with Crippen LogP contribution in [0.1, 0.15) is 52.9 Å². The van der Waals surface area contributed by atoms with Gasteiger partial charge in [-0.2, -0.15) is 0 Å². The van der Waals surface area contributed by atoms with Gasteiger partial charge in [0.05, 0.1) is 6.10 Å². The minimum atomic E-state index is 0.311. The van der Waals surface area contributed by atoms with E-state index in [1.165, 1.54) is 19.3 Å². The highest BCUT2D eigenvalue weighted by Crippen LogP contribution is 2.33. The molecule has 2 unspecified atom stereocenters. The first-order chi connectivity index (χ1) is 6.64. The van der Waals surface area contributed by atoms with Gasteiger partial charge in [0.15, 0.2) is 0 Å². The lowest BCUT2D eigenvalue weighted by Crippen LogP contribution is -2.33. The van der Waals surface area contributed by atoms with E-state index in [4.69, 9.17) is 10.5 Å². The molecule has 14 heavy (non-hydrogen) atoms. The molecular formula is C12H27NO. The van der Waals surface area contributed by atoms with Crippen LogP contribution in [-0.4, -0.2) is 19.8 Å². The molecule has 0 aromatic carbocycles. The topological polar surface area (TPSA) is 35.2 Å². The smallest absolute Gasteiger partial charge is 0.0549 e. The van der Waals surface area contributed by atoms with E-state index in [1.807, 2.05) is 0 Å². The van der Waals surface area contributed by atoms with Crippen molar-refractivity contribution in [3.63, 3.8) is 0 Å². The summed E-state index contributed by atoms with van der Waals surface area (Å²) in [5.74, 6) is 0. The fourth-order valence-corrected chi connectivity index (χ4v) is 2.00. The maximum Gasteiger partial charge on any atom is 0.0549 e. The van der Waals surface area contributed by atoms with Crippen molar-refractivity contribution < 1.29 is 4.74 Å². The molecule has 2 N–H and O–H groups in total. The van der Waals surface area contributed by atoms with Gasteiger partial charge < -0.3 is 10.5 Å². The van der Waals surface area contributed by atoms with Crippen LogP contribution in [0, 0.1) is 5.41 Å². The number of methoxy groups -OCH3 is 1. The summed E-state index contributed by atoms with van der Waals surface area (Å²) in [4.78, 5) is 0. The Bertz CT molecular complexity index is 132. The Morgan fingerprint density at radius 1 is 1.36 bits per heavy atom. The maximum atomic E-state index is 5.91. The second kappa shape index (κ2) is 7.24. The Hall–Kier alpha value is -0.0800. The van der Waals surface area contributed by atoms with Gasteiger partial charge in [-0.15, -0.1) is 0 Å². The van der Waals surface area contributed by atoms with Gasteiger partial charge in [-0.1, -0.05) is 26.7 Å². The van der Waals surface area contributed by atoms with Crippen molar-refractivity contribution in [2.75, 3.05) is 13.7 Å². The Labute approximate surface area is 89.2 Å². The molecule has 0 bridgehead atoms. The largest absolute Gasteiger partial charge is 0.382 e. The van der Waals surface area contributed by atoms with Gasteiger partial charge in [0.2, 0.25) is 0 Å². The summed E-state index contributed by atoms with van der Waals surface area (Å²) in [7, 11) is 1.78. The van der Waals surface area contributed by atoms with Crippen molar-refractivity contribution in [1.82, 2.24) is 0 Å². The van der Waals surface area contributed by atoms with Crippen LogP contribution in [0.4, 0.5) is 0 Å². The molecule has 0 rings (SSSR count). The number of unbranched alkanes of at least 4 members (excludes halogenated alkanes) is 1. The third-order valence-electron chi connectivity index (χ3n) is 3.37. The summed E-state index contributed by atoms with van der Waals surface area (Å²) in [5, 5.41) is 0. The Morgan fingerprint density at radius 2 is 2.00 bits per heavy atom. The third-order valence-corrected chi connectivity index (χ3v) is 3.37. The van der Waals surface area contributed by atoms with Gasteiger partial charge in [-0.25, -0.2) is 0 Å². The van der Waals surface area contributed by atoms with Crippen molar-refractivity contribution in [3.8, 4) is 0 Å². The molecule has 2 atom stereocenters. The molecule has 0 radical (unpaired) electrons. The van der Waals surface area contributed by atoms with Crippen LogP contribution in [0.2, 0.25) is 0 Å². The van der Waals surface area contributed by atoms with Gasteiger partial charge in [-0.05, 0) is 38.1 Å². The van der Waals surface area contributed by atoms with Crippen LogP contribution >= 0.6 is 0 Å². The number of nitrogens with two attached hydrogens (primary N) is 1. The summed E-state index contributed by atoms with van der Waals surface area (Å²) >= 11 is 0. The number of hydrogen-bond acceptors (Lipinski definition) is 2. The molecule has 2 heteroatoms. The SMILES string of the molecule is CCCCC(CC)(CN)CC(C)OC. The minimum absolute atomic E-state index is 0.311. The summed E-state index contributed by atoms with van der Waals surface area (Å²) < 4.78 is 5.33. The molecule has 0 spiro atoms. The number of ether oxygens (including phenoxy) is 1. The lowest BCUT2D eigenvalue weighted by molar-refractivity contribution is 0.0597. The standard InChI is InChI=1S/C12H27NO/c1-5-7-8-12(6-2,10-13)9-11(3)14-4/h11H,5-10,13H2,1-4H3. The monoisotopic (exact) mass is 201 g/mol. The number of hydrogen-bond donors (Lipinski definition) is 1. The van der Waals surface area contributed by atoms with Crippen molar-refractivity contribution in [2.24, 2.45) is 11.1 Å². The van der Waals surface area contributed by atoms with Crippen molar-refractivity contribution in [3.05, 3.63) is 0 Å². The zero-order valence-electron chi connectivity index (χ0n) is 10.3. The Balaban J connectivity index is 4.20. The molecule has 0 aromatic rings. The van der Waals surface area contributed by atoms with E-state index < -0.39 is 0 Å². The van der Waals surface area contributed by atoms with E-state index >= 15 is 0 Å². The van der Waals surface area contributed by atoms with E-state index in [0.29, 0.717) is 11.5 Å². The van der Waals surface area contributed by atoms with Crippen LogP contribution in [0.25, 0.3) is 0 Å². The molecule has 0 heterocycles. The van der Waals surface area contributed by atoms with Crippen LogP contribution in [0.5, 0.6) is 0 Å². The average molecular weight is 201 g/mol. The molecule has 86 valence electrons. The van der Waals surface area contributed by atoms with Crippen LogP contribution in [0.15, 0.2) is 0 Å². The summed E-state index contributed by atoms with van der Waals surface area (Å²) in [6.45, 7) is 7.39. The maximum absolute atomic E-state index is 5.91. The predicted molar refractivity (Wildman–Crippen MR) is 62.4 cm³/mol. The second-order valence-corrected chi connectivity index (χ2v) is 4.41. The quantitative estimate of drug-likeness (QED) is 0.655. The van der Waals surface area contributed by atoms with Gasteiger partial charge >= 0.3 is 0 Å². The van der Waals surface area contributed by atoms with E-state index in [2.05, 4.69) is 20.8 Å². The lowest BCUT2D eigenvalue weighted by Gasteiger charge is -2.33. The van der Waals surface area contributed by atoms with Gasteiger partial charge in [0.1, 0.15) is 0 Å². The van der Waals surface area contributed by atoms with E-state index in [1.54, 1.807) is 7.11 Å². The molecular weight excluding hydrogens is 174 g/mol. The predicted octanol–water partition coefficient (Wildman–Crippen LogP) is 2.96. The summed E-state index contributed by atoms with van der Waals surface area (Å²) in [6, 6.07) is 0. The highest BCUT2D eigenvalue weighted by Gasteiger charge is 2.27. The first-order valence-electron chi connectivity index (χ1n) is 5.87. The minimum Gasteiger partial charge on any atom is -0.382 e. The van der Waals surface area contributed by atoms with Crippen LogP contribution in [-0.2, 0) is 4.74 Å². The highest BCUT2D eigenvalue weighted by molar-refractivity contribution is 4.81. The summed E-state index contributed by atoms with van der Waals surface area (Å²) in [6.07, 6.45) is 6.36. The second-order valence-electron chi connectivity index (χ2n) is 4.41. The zero-order chi connectivity index (χ0) is 11.0. The molecule has 0 fully saturated rings. The molecule has 0 saturated heterocycles. The zero-order valence-corrected chi connectivity index (χ0v) is 10.3. The molecule has 0 aliphatic heterocycles. The van der Waals surface area contributed by atoms with Gasteiger partial charge in [-0.3, -0.25) is 0 Å². The van der Waals surface area contributed by atoms with Crippen LogP contribution < -0.4 is 5.73 Å². The third kappa shape index (κ3) is 4.43. The molecule has 0 saturated carbocycles. The van der Waals surface area contributed by atoms with Crippen molar-refractivity contribution in [1.29, 1.82) is 0 Å². The van der Waals surface area contributed by atoms with E-state index in [-0.39, 0.29) is 0 Å². The molecule has 0 aromatic heterocycles. The fraction of sp³-hybridized carbons (Fsp3) is 1.00. The molecule has 0 aliphatic rings. The first kappa shape index (κ1) is 13.9. The summed E-state index contributed by atoms with van der Waals surface area (Å²) in [5.41, 5.74) is 6.22. The fourth-order valence-electron chi connectivity index (χ4n) is 2.00. The Morgan fingerprint density at radius 3 is 2.36 bits per heavy atom. The van der Waals surface area contributed by atoms with E-state index in [0.717, 1.165) is 19.4 Å². The normalized spacial score (nSPS) is 17.8. The van der Waals surface area contributed by atoms with Crippen molar-refractivity contribution in [2.45, 2.75) is 59.0 Å².